The SMILES string of the molecule is CCN(/[N+]([O-])=N/OC1CCN(C2CCCC2)CC1)C(C)(C)C. The molecule has 0 aromatic heterocycles. The summed E-state index contributed by atoms with van der Waals surface area (Å²) in [4.78, 5) is 8.71. The Labute approximate surface area is 134 Å². The quantitative estimate of drug-likeness (QED) is 0.444. The van der Waals surface area contributed by atoms with E-state index in [1.54, 1.807) is 5.01 Å². The summed E-state index contributed by atoms with van der Waals surface area (Å²) in [6, 6.07) is 0.783. The third-order valence-corrected chi connectivity index (χ3v) is 4.86. The molecule has 22 heavy (non-hydrogen) atoms. The Hall–Kier alpha value is -1.04. The van der Waals surface area contributed by atoms with Crippen molar-refractivity contribution in [1.82, 2.24) is 9.91 Å². The van der Waals surface area contributed by atoms with E-state index in [1.807, 2.05) is 27.7 Å². The molecule has 128 valence electrons. The molecule has 0 radical (unpaired) electrons. The number of piperidine rings is 1. The number of hydrogen-bond donors (Lipinski definition) is 0. The van der Waals surface area contributed by atoms with Crippen LogP contribution in [0.25, 0.3) is 0 Å². The fourth-order valence-electron chi connectivity index (χ4n) is 3.62. The molecule has 6 heteroatoms. The van der Waals surface area contributed by atoms with Crippen molar-refractivity contribution in [3.05, 3.63) is 5.21 Å². The zero-order valence-electron chi connectivity index (χ0n) is 14.6. The van der Waals surface area contributed by atoms with Crippen molar-refractivity contribution in [1.29, 1.82) is 0 Å². The van der Waals surface area contributed by atoms with Crippen LogP contribution in [-0.2, 0) is 4.84 Å². The molecule has 0 N–H and O–H groups in total. The van der Waals surface area contributed by atoms with Crippen LogP contribution in [0.2, 0.25) is 0 Å². The second-order valence-electron chi connectivity index (χ2n) is 7.50. The molecule has 1 aliphatic carbocycles. The number of nitrogens with zero attached hydrogens (tertiary/aromatic N) is 4. The largest absolute Gasteiger partial charge is 0.569 e. The van der Waals surface area contributed by atoms with Crippen molar-refractivity contribution in [2.24, 2.45) is 5.28 Å². The predicted molar refractivity (Wildman–Crippen MR) is 86.1 cm³/mol. The van der Waals surface area contributed by atoms with Crippen LogP contribution in [0.15, 0.2) is 5.28 Å². The van der Waals surface area contributed by atoms with E-state index in [1.165, 1.54) is 25.7 Å². The van der Waals surface area contributed by atoms with E-state index in [2.05, 4.69) is 10.2 Å². The molecule has 1 saturated heterocycles. The third kappa shape index (κ3) is 4.48. The second-order valence-corrected chi connectivity index (χ2v) is 7.50. The van der Waals surface area contributed by atoms with Gasteiger partial charge in [-0.3, -0.25) is 0 Å². The molecule has 0 bridgehead atoms. The molecule has 2 rings (SSSR count). The molecule has 2 aliphatic rings. The average Bonchev–Trinajstić information content (AvgIpc) is 2.99. The Bertz CT molecular complexity index is 367. The van der Waals surface area contributed by atoms with E-state index in [-0.39, 0.29) is 11.6 Å². The summed E-state index contributed by atoms with van der Waals surface area (Å²) >= 11 is 0. The van der Waals surface area contributed by atoms with E-state index in [4.69, 9.17) is 4.84 Å². The summed E-state index contributed by atoms with van der Waals surface area (Å²) in [6.45, 7) is 10.7. The lowest BCUT2D eigenvalue weighted by atomic mass is 10.1. The fraction of sp³-hybridized carbons (Fsp3) is 1.00. The minimum Gasteiger partial charge on any atom is -0.569 e. The predicted octanol–water partition coefficient (Wildman–Crippen LogP) is 3.32. The van der Waals surface area contributed by atoms with Gasteiger partial charge in [0.15, 0.2) is 0 Å². The van der Waals surface area contributed by atoms with Gasteiger partial charge in [-0.15, -0.1) is 5.01 Å². The van der Waals surface area contributed by atoms with E-state index < -0.39 is 0 Å². The van der Waals surface area contributed by atoms with Crippen LogP contribution in [0.4, 0.5) is 0 Å². The molecule has 0 atom stereocenters. The highest BCUT2D eigenvalue weighted by atomic mass is 16.7. The first-order valence-electron chi connectivity index (χ1n) is 8.77. The van der Waals surface area contributed by atoms with Crippen LogP contribution in [0.1, 0.15) is 66.2 Å². The van der Waals surface area contributed by atoms with Gasteiger partial charge in [-0.05, 0) is 53.4 Å². The molecule has 6 nitrogen and oxygen atoms in total. The number of hydrogen-bond acceptors (Lipinski definition) is 4. The third-order valence-electron chi connectivity index (χ3n) is 4.86. The summed E-state index contributed by atoms with van der Waals surface area (Å²) in [5.41, 5.74) is -0.255. The maximum absolute atomic E-state index is 12.1. The molecule has 0 aromatic carbocycles. The monoisotopic (exact) mass is 312 g/mol. The molecule has 0 spiro atoms. The first-order valence-corrected chi connectivity index (χ1v) is 8.77. The Morgan fingerprint density at radius 1 is 1.18 bits per heavy atom. The molecular formula is C16H32N4O2. The smallest absolute Gasteiger partial charge is 0.233 e. The lowest BCUT2D eigenvalue weighted by Gasteiger charge is -2.34. The fourth-order valence-corrected chi connectivity index (χ4v) is 3.62. The first kappa shape index (κ1) is 17.3. The van der Waals surface area contributed by atoms with Gasteiger partial charge >= 0.3 is 0 Å². The summed E-state index contributed by atoms with van der Waals surface area (Å²) in [5.74, 6) is 0. The van der Waals surface area contributed by atoms with Crippen molar-refractivity contribution < 1.29 is 9.81 Å². The molecule has 1 saturated carbocycles. The Morgan fingerprint density at radius 2 is 1.77 bits per heavy atom. The van der Waals surface area contributed by atoms with Gasteiger partial charge in [0.1, 0.15) is 6.10 Å². The first-order chi connectivity index (χ1) is 10.4. The highest BCUT2D eigenvalue weighted by Gasteiger charge is 2.30. The summed E-state index contributed by atoms with van der Waals surface area (Å²) in [5, 5.41) is 17.5. The van der Waals surface area contributed by atoms with Crippen molar-refractivity contribution >= 4 is 0 Å². The van der Waals surface area contributed by atoms with Gasteiger partial charge in [0.2, 0.25) is 5.28 Å². The number of likely N-dealkylation sites (tertiary alicyclic amines) is 1. The second kappa shape index (κ2) is 7.49. The molecule has 1 aliphatic heterocycles. The van der Waals surface area contributed by atoms with Gasteiger partial charge in [-0.25, -0.2) is 0 Å². The van der Waals surface area contributed by atoms with Crippen LogP contribution in [0.3, 0.4) is 0 Å². The zero-order chi connectivity index (χ0) is 16.2. The van der Waals surface area contributed by atoms with Gasteiger partial charge in [0, 0.05) is 19.1 Å². The highest BCUT2D eigenvalue weighted by Crippen LogP contribution is 2.26. The van der Waals surface area contributed by atoms with E-state index in [9.17, 15) is 5.21 Å². The Kier molecular flexibility index (Phi) is 5.89. The normalized spacial score (nSPS) is 23.0. The van der Waals surface area contributed by atoms with Crippen molar-refractivity contribution in [3.8, 4) is 0 Å². The summed E-state index contributed by atoms with van der Waals surface area (Å²) < 4.78 is 0. The Balaban J connectivity index is 1.79. The van der Waals surface area contributed by atoms with Crippen LogP contribution in [0.5, 0.6) is 0 Å². The van der Waals surface area contributed by atoms with Crippen molar-refractivity contribution in [2.45, 2.75) is 83.9 Å². The molecule has 0 unspecified atom stereocenters. The van der Waals surface area contributed by atoms with Crippen molar-refractivity contribution in [3.63, 3.8) is 0 Å². The van der Waals surface area contributed by atoms with E-state index >= 15 is 0 Å². The molecular weight excluding hydrogens is 280 g/mol. The standard InChI is InChI=1S/C16H32N4O2/c1-5-19(16(2,3)4)20(21)17-22-15-10-12-18(13-11-15)14-8-6-7-9-14/h14-15H,5-13H2,1-4H3/b20-17-. The maximum atomic E-state index is 12.1. The van der Waals surface area contributed by atoms with Gasteiger partial charge in [-0.1, -0.05) is 12.8 Å². The van der Waals surface area contributed by atoms with Gasteiger partial charge < -0.3 is 14.9 Å². The molecule has 1 heterocycles. The molecule has 0 aromatic rings. The number of hydrazine groups is 1. The Morgan fingerprint density at radius 3 is 2.27 bits per heavy atom. The zero-order valence-corrected chi connectivity index (χ0v) is 14.6. The number of rotatable bonds is 5. The molecule has 0 amide bonds. The summed E-state index contributed by atoms with van der Waals surface area (Å²) in [6.07, 6.45) is 7.46. The van der Waals surface area contributed by atoms with Crippen LogP contribution in [0, 0.1) is 5.21 Å². The van der Waals surface area contributed by atoms with E-state index in [0.29, 0.717) is 11.5 Å². The average molecular weight is 312 g/mol. The maximum Gasteiger partial charge on any atom is 0.233 e. The minimum absolute atomic E-state index is 0.0766. The van der Waals surface area contributed by atoms with Crippen molar-refractivity contribution in [2.75, 3.05) is 19.6 Å². The minimum atomic E-state index is -0.255. The lowest BCUT2D eigenvalue weighted by molar-refractivity contribution is -0.725. The van der Waals surface area contributed by atoms with Crippen LogP contribution < -0.4 is 0 Å². The van der Waals surface area contributed by atoms with Gasteiger partial charge in [0.05, 0.1) is 17.1 Å². The van der Waals surface area contributed by atoms with Crippen LogP contribution >= 0.6 is 0 Å². The summed E-state index contributed by atoms with van der Waals surface area (Å²) in [7, 11) is 0. The van der Waals surface area contributed by atoms with E-state index in [0.717, 1.165) is 32.0 Å². The van der Waals surface area contributed by atoms with Gasteiger partial charge in [0.25, 0.3) is 0 Å². The van der Waals surface area contributed by atoms with Crippen LogP contribution in [-0.4, -0.2) is 52.2 Å². The highest BCUT2D eigenvalue weighted by molar-refractivity contribution is 4.81. The molecule has 2 fully saturated rings. The van der Waals surface area contributed by atoms with Gasteiger partial charge in [-0.2, -0.15) is 0 Å². The lowest BCUT2D eigenvalue weighted by Crippen LogP contribution is -2.46. The topological polar surface area (TPSA) is 54.1 Å².